The Morgan fingerprint density at radius 3 is 2.51 bits per heavy atom. The number of amides is 1. The van der Waals surface area contributed by atoms with Gasteiger partial charge >= 0.3 is 6.18 Å². The molecule has 0 saturated heterocycles. The molecule has 4 rings (SSSR count). The van der Waals surface area contributed by atoms with E-state index in [1.165, 1.54) is 0 Å². The zero-order valence-corrected chi connectivity index (χ0v) is 21.5. The Balaban J connectivity index is 1.68. The van der Waals surface area contributed by atoms with Crippen molar-refractivity contribution in [2.75, 3.05) is 6.61 Å². The van der Waals surface area contributed by atoms with Gasteiger partial charge in [0.2, 0.25) is 0 Å². The molecule has 0 bridgehead atoms. The maximum absolute atomic E-state index is 13.2. The second-order valence-corrected chi connectivity index (χ2v) is 9.81. The molecular formula is C26H26Cl2F3N3O3. The van der Waals surface area contributed by atoms with Crippen LogP contribution in [0.4, 0.5) is 13.2 Å². The molecule has 1 aromatic heterocycles. The molecule has 2 N–H and O–H groups in total. The highest BCUT2D eigenvalue weighted by molar-refractivity contribution is 6.36. The van der Waals surface area contributed by atoms with Gasteiger partial charge in [-0.25, -0.2) is 4.98 Å². The lowest BCUT2D eigenvalue weighted by atomic mass is 9.92. The second-order valence-electron chi connectivity index (χ2n) is 8.97. The number of carbonyl (C=O) groups is 1. The van der Waals surface area contributed by atoms with Crippen LogP contribution < -0.4 is 10.1 Å². The topological polar surface area (TPSA) is 76.4 Å². The number of aromatic nitrogens is 2. The van der Waals surface area contributed by atoms with Crippen LogP contribution in [-0.2, 0) is 0 Å². The van der Waals surface area contributed by atoms with E-state index in [0.717, 1.165) is 12.8 Å². The van der Waals surface area contributed by atoms with Crippen molar-refractivity contribution in [1.82, 2.24) is 14.9 Å². The minimum atomic E-state index is -4.30. The summed E-state index contributed by atoms with van der Waals surface area (Å²) in [5.41, 5.74) is 1.83. The first-order valence-corrected chi connectivity index (χ1v) is 12.6. The van der Waals surface area contributed by atoms with Gasteiger partial charge in [-0.15, -0.1) is 0 Å². The molecule has 0 aliphatic heterocycles. The number of halogens is 5. The quantitative estimate of drug-likeness (QED) is 0.348. The molecule has 37 heavy (non-hydrogen) atoms. The highest BCUT2D eigenvalue weighted by Crippen LogP contribution is 2.34. The Morgan fingerprint density at radius 1 is 1.16 bits per heavy atom. The van der Waals surface area contributed by atoms with Gasteiger partial charge in [0, 0.05) is 16.3 Å². The maximum Gasteiger partial charge on any atom is 0.392 e. The number of hydrogen-bond acceptors (Lipinski definition) is 4. The molecule has 0 unspecified atom stereocenters. The van der Waals surface area contributed by atoms with Crippen LogP contribution in [0.5, 0.6) is 5.75 Å². The molecule has 1 amide bonds. The minimum Gasteiger partial charge on any atom is -0.493 e. The first kappa shape index (κ1) is 27.3. The number of aliphatic hydroxyl groups is 1. The van der Waals surface area contributed by atoms with E-state index in [4.69, 9.17) is 27.9 Å². The fraction of sp³-hybridized carbons (Fsp3) is 0.385. The number of carbonyl (C=O) groups excluding carboxylic acids is 1. The number of nitrogens with zero attached hydrogens (tertiary/aromatic N) is 2. The van der Waals surface area contributed by atoms with Crippen LogP contribution in [0.15, 0.2) is 42.5 Å². The Labute approximate surface area is 222 Å². The minimum absolute atomic E-state index is 0.171. The van der Waals surface area contributed by atoms with Crippen molar-refractivity contribution in [2.24, 2.45) is 0 Å². The summed E-state index contributed by atoms with van der Waals surface area (Å²) in [6, 6.07) is 11.0. The number of benzene rings is 2. The number of nitrogens with one attached hydrogen (secondary N) is 1. The third-order valence-corrected chi connectivity index (χ3v) is 6.84. The fourth-order valence-electron chi connectivity index (χ4n) is 4.38. The molecule has 1 saturated carbocycles. The molecule has 3 aromatic rings. The molecule has 6 nitrogen and oxygen atoms in total. The summed E-state index contributed by atoms with van der Waals surface area (Å²) in [6.45, 7) is 1.25. The van der Waals surface area contributed by atoms with E-state index in [1.54, 1.807) is 54.0 Å². The Morgan fingerprint density at radius 2 is 1.86 bits per heavy atom. The van der Waals surface area contributed by atoms with Gasteiger partial charge in [0.1, 0.15) is 17.3 Å². The molecule has 1 fully saturated rings. The summed E-state index contributed by atoms with van der Waals surface area (Å²) in [5.74, 6) is 0.251. The average molecular weight is 556 g/mol. The van der Waals surface area contributed by atoms with E-state index < -0.39 is 31.2 Å². The van der Waals surface area contributed by atoms with Crippen molar-refractivity contribution in [3.05, 3.63) is 63.9 Å². The van der Waals surface area contributed by atoms with Crippen molar-refractivity contribution in [1.29, 1.82) is 0 Å². The van der Waals surface area contributed by atoms with Gasteiger partial charge in [-0.3, -0.25) is 9.36 Å². The number of aliphatic hydroxyl groups excluding tert-OH is 1. The average Bonchev–Trinajstić information content (AvgIpc) is 3.17. The van der Waals surface area contributed by atoms with Crippen molar-refractivity contribution < 1.29 is 27.8 Å². The summed E-state index contributed by atoms with van der Waals surface area (Å²) in [4.78, 5) is 17.9. The third kappa shape index (κ3) is 6.58. The monoisotopic (exact) mass is 555 g/mol. The van der Waals surface area contributed by atoms with Crippen LogP contribution in [0.1, 0.15) is 48.3 Å². The van der Waals surface area contributed by atoms with E-state index in [-0.39, 0.29) is 17.5 Å². The van der Waals surface area contributed by atoms with Gasteiger partial charge < -0.3 is 15.2 Å². The van der Waals surface area contributed by atoms with Gasteiger partial charge in [-0.2, -0.15) is 13.2 Å². The Kier molecular flexibility index (Phi) is 8.36. The SMILES string of the molecule is Cc1c(C(=O)N[C@H]2CCCC[C@H]2O)nc(-c2ccc(Cl)cc2Cl)n1-c1ccc(OCCC(F)(F)F)cc1. The second kappa shape index (κ2) is 11.3. The van der Waals surface area contributed by atoms with Crippen molar-refractivity contribution >= 4 is 29.1 Å². The van der Waals surface area contributed by atoms with E-state index in [0.29, 0.717) is 45.7 Å². The van der Waals surface area contributed by atoms with Crippen LogP contribution in [0, 0.1) is 6.92 Å². The molecule has 2 aromatic carbocycles. The predicted octanol–water partition coefficient (Wildman–Crippen LogP) is 6.52. The summed E-state index contributed by atoms with van der Waals surface area (Å²) in [6.07, 6.45) is -2.84. The maximum atomic E-state index is 13.2. The number of alkyl halides is 3. The van der Waals surface area contributed by atoms with Crippen molar-refractivity contribution in [2.45, 2.75) is 57.3 Å². The van der Waals surface area contributed by atoms with Gasteiger partial charge in [0.25, 0.3) is 5.91 Å². The highest BCUT2D eigenvalue weighted by Gasteiger charge is 2.29. The van der Waals surface area contributed by atoms with Gasteiger partial charge in [-0.05, 0) is 62.2 Å². The van der Waals surface area contributed by atoms with Crippen LogP contribution >= 0.6 is 23.2 Å². The molecule has 198 valence electrons. The molecule has 1 aliphatic carbocycles. The van der Waals surface area contributed by atoms with Crippen molar-refractivity contribution in [3.8, 4) is 22.8 Å². The first-order chi connectivity index (χ1) is 17.5. The molecule has 1 heterocycles. The third-order valence-electron chi connectivity index (χ3n) is 6.29. The molecule has 0 spiro atoms. The summed E-state index contributed by atoms with van der Waals surface area (Å²) in [5, 5.41) is 14.0. The van der Waals surface area contributed by atoms with Gasteiger partial charge in [0.15, 0.2) is 0 Å². The van der Waals surface area contributed by atoms with Crippen LogP contribution in [0.25, 0.3) is 17.1 Å². The lowest BCUT2D eigenvalue weighted by Gasteiger charge is -2.28. The number of ether oxygens (including phenoxy) is 1. The smallest absolute Gasteiger partial charge is 0.392 e. The van der Waals surface area contributed by atoms with Gasteiger partial charge in [-0.1, -0.05) is 36.0 Å². The lowest BCUT2D eigenvalue weighted by molar-refractivity contribution is -0.139. The van der Waals surface area contributed by atoms with E-state index >= 15 is 0 Å². The zero-order chi connectivity index (χ0) is 26.7. The van der Waals surface area contributed by atoms with E-state index in [1.807, 2.05) is 0 Å². The summed E-state index contributed by atoms with van der Waals surface area (Å²) < 4.78 is 44.3. The number of imidazole rings is 1. The molecular weight excluding hydrogens is 530 g/mol. The zero-order valence-electron chi connectivity index (χ0n) is 20.0. The molecule has 1 aliphatic rings. The van der Waals surface area contributed by atoms with Crippen LogP contribution in [0.2, 0.25) is 10.0 Å². The first-order valence-electron chi connectivity index (χ1n) is 11.9. The summed E-state index contributed by atoms with van der Waals surface area (Å²) in [7, 11) is 0. The predicted molar refractivity (Wildman–Crippen MR) is 136 cm³/mol. The van der Waals surface area contributed by atoms with Crippen LogP contribution in [-0.4, -0.2) is 45.5 Å². The number of hydrogen-bond donors (Lipinski definition) is 2. The Bertz CT molecular complexity index is 1260. The fourth-order valence-corrected chi connectivity index (χ4v) is 4.87. The van der Waals surface area contributed by atoms with E-state index in [2.05, 4.69) is 10.3 Å². The largest absolute Gasteiger partial charge is 0.493 e. The summed E-state index contributed by atoms with van der Waals surface area (Å²) >= 11 is 12.5. The highest BCUT2D eigenvalue weighted by atomic mass is 35.5. The lowest BCUT2D eigenvalue weighted by Crippen LogP contribution is -2.45. The molecule has 0 radical (unpaired) electrons. The van der Waals surface area contributed by atoms with E-state index in [9.17, 15) is 23.1 Å². The standard InChI is InChI=1S/C26H26Cl2F3N3O3/c1-15-23(25(36)32-21-4-2-3-5-22(21)35)33-24(19-11-6-16(27)14-20(19)28)34(15)17-7-9-18(10-8-17)37-13-12-26(29,30)31/h6-11,14,21-22,35H,2-5,12-13H2,1H3,(H,32,36)/t21-,22+/m0/s1. The van der Waals surface area contributed by atoms with Crippen LogP contribution in [0.3, 0.4) is 0 Å². The van der Waals surface area contributed by atoms with Crippen molar-refractivity contribution in [3.63, 3.8) is 0 Å². The normalized spacial score (nSPS) is 18.0. The van der Waals surface area contributed by atoms with Gasteiger partial charge in [0.05, 0.1) is 35.9 Å². The molecule has 11 heteroatoms. The Hall–Kier alpha value is -2.75. The number of rotatable bonds is 7. The molecule has 2 atom stereocenters.